The zero-order valence-electron chi connectivity index (χ0n) is 13.0. The predicted octanol–water partition coefficient (Wildman–Crippen LogP) is 2.70. The molecule has 0 spiro atoms. The minimum Gasteiger partial charge on any atom is -0.481 e. The highest BCUT2D eigenvalue weighted by Crippen LogP contribution is 2.29. The molecule has 0 heterocycles. The second kappa shape index (κ2) is 9.78. The molecule has 0 fully saturated rings. The number of carboxylic acids is 2. The van der Waals surface area contributed by atoms with Crippen molar-refractivity contribution >= 4 is 22.1 Å². The first-order valence-electron chi connectivity index (χ1n) is 7.59. The van der Waals surface area contributed by atoms with Gasteiger partial charge in [-0.15, -0.1) is 0 Å². The highest BCUT2D eigenvalue weighted by atomic mass is 32.2. The molecular formula is C14H26O7S. The van der Waals surface area contributed by atoms with E-state index < -0.39 is 39.6 Å². The normalized spacial score (nSPS) is 14.5. The van der Waals surface area contributed by atoms with Crippen LogP contribution in [0.1, 0.15) is 71.1 Å². The largest absolute Gasteiger partial charge is 0.481 e. The van der Waals surface area contributed by atoms with Gasteiger partial charge in [-0.1, -0.05) is 58.3 Å². The first kappa shape index (κ1) is 20.9. The summed E-state index contributed by atoms with van der Waals surface area (Å²) in [6.07, 6.45) is 5.64. The summed E-state index contributed by atoms with van der Waals surface area (Å²) < 4.78 is 29.3. The van der Waals surface area contributed by atoms with Crippen LogP contribution >= 0.6 is 0 Å². The van der Waals surface area contributed by atoms with Crippen molar-refractivity contribution in [2.45, 2.75) is 75.9 Å². The molecule has 7 nitrogen and oxygen atoms in total. The van der Waals surface area contributed by atoms with E-state index in [1.807, 2.05) is 0 Å². The zero-order chi connectivity index (χ0) is 17.2. The molecule has 22 heavy (non-hydrogen) atoms. The molecular weight excluding hydrogens is 312 g/mol. The van der Waals surface area contributed by atoms with Crippen molar-refractivity contribution in [3.05, 3.63) is 0 Å². The molecule has 0 saturated heterocycles. The Morgan fingerprint density at radius 3 is 1.73 bits per heavy atom. The van der Waals surface area contributed by atoms with Crippen LogP contribution in [0.15, 0.2) is 0 Å². The van der Waals surface area contributed by atoms with Gasteiger partial charge in [0.25, 0.3) is 10.1 Å². The third kappa shape index (κ3) is 6.74. The summed E-state index contributed by atoms with van der Waals surface area (Å²) >= 11 is 0. The van der Waals surface area contributed by atoms with Crippen LogP contribution in [0.3, 0.4) is 0 Å². The lowest BCUT2D eigenvalue weighted by molar-refractivity contribution is -0.147. The lowest BCUT2D eigenvalue weighted by atomic mass is 9.96. The van der Waals surface area contributed by atoms with Crippen molar-refractivity contribution < 1.29 is 32.8 Å². The summed E-state index contributed by atoms with van der Waals surface area (Å²) in [6, 6.07) is 0. The maximum absolute atomic E-state index is 11.4. The first-order valence-corrected chi connectivity index (χ1v) is 9.03. The van der Waals surface area contributed by atoms with E-state index in [2.05, 4.69) is 6.92 Å². The van der Waals surface area contributed by atoms with Crippen LogP contribution in [0.5, 0.6) is 0 Å². The molecule has 0 aromatic carbocycles. The molecule has 0 aromatic heterocycles. The molecule has 0 aliphatic rings. The smallest absolute Gasteiger partial charge is 0.328 e. The average Bonchev–Trinajstić information content (AvgIpc) is 2.38. The Morgan fingerprint density at radius 1 is 0.909 bits per heavy atom. The van der Waals surface area contributed by atoms with Crippen molar-refractivity contribution in [1.29, 1.82) is 0 Å². The van der Waals surface area contributed by atoms with Gasteiger partial charge in [0.05, 0.1) is 6.42 Å². The fraction of sp³-hybridized carbons (Fsp3) is 0.857. The number of carboxylic acid groups (broad SMARTS) is 2. The topological polar surface area (TPSA) is 129 Å². The minimum absolute atomic E-state index is 0.243. The number of aliphatic carboxylic acids is 2. The predicted molar refractivity (Wildman–Crippen MR) is 81.4 cm³/mol. The van der Waals surface area contributed by atoms with Crippen LogP contribution in [-0.2, 0) is 19.7 Å². The van der Waals surface area contributed by atoms with Gasteiger partial charge in [-0.3, -0.25) is 14.1 Å². The van der Waals surface area contributed by atoms with Crippen LogP contribution in [0, 0.1) is 0 Å². The monoisotopic (exact) mass is 338 g/mol. The maximum Gasteiger partial charge on any atom is 0.328 e. The molecule has 0 aliphatic heterocycles. The number of rotatable bonds is 13. The summed E-state index contributed by atoms with van der Waals surface area (Å²) in [7, 11) is -5.01. The Morgan fingerprint density at radius 2 is 1.36 bits per heavy atom. The molecule has 130 valence electrons. The molecule has 0 aromatic rings. The molecule has 0 rings (SSSR count). The Kier molecular flexibility index (Phi) is 9.27. The highest BCUT2D eigenvalue weighted by Gasteiger charge is 2.51. The van der Waals surface area contributed by atoms with Gasteiger partial charge in [0.2, 0.25) is 4.75 Å². The Hall–Kier alpha value is -1.15. The minimum atomic E-state index is -5.01. The molecule has 1 atom stereocenters. The van der Waals surface area contributed by atoms with Gasteiger partial charge in [0.1, 0.15) is 0 Å². The quantitative estimate of drug-likeness (QED) is 0.348. The van der Waals surface area contributed by atoms with E-state index >= 15 is 0 Å². The van der Waals surface area contributed by atoms with Gasteiger partial charge >= 0.3 is 11.9 Å². The van der Waals surface area contributed by atoms with Gasteiger partial charge in [-0.05, 0) is 6.42 Å². The van der Waals surface area contributed by atoms with Crippen LogP contribution < -0.4 is 0 Å². The molecule has 1 unspecified atom stereocenters. The van der Waals surface area contributed by atoms with E-state index in [0.717, 1.165) is 32.1 Å². The van der Waals surface area contributed by atoms with E-state index in [1.54, 1.807) is 0 Å². The summed E-state index contributed by atoms with van der Waals surface area (Å²) in [5.74, 6) is -3.39. The maximum atomic E-state index is 11.4. The van der Waals surface area contributed by atoms with Gasteiger partial charge in [0.15, 0.2) is 0 Å². The van der Waals surface area contributed by atoms with E-state index in [1.165, 1.54) is 6.42 Å². The second-order valence-corrected chi connectivity index (χ2v) is 7.30. The molecule has 0 aliphatic carbocycles. The Bertz CT molecular complexity index is 458. The van der Waals surface area contributed by atoms with Crippen LogP contribution in [-0.4, -0.2) is 39.9 Å². The van der Waals surface area contributed by atoms with Crippen molar-refractivity contribution in [2.75, 3.05) is 0 Å². The van der Waals surface area contributed by atoms with E-state index in [4.69, 9.17) is 10.2 Å². The number of hydrogen-bond acceptors (Lipinski definition) is 4. The standard InChI is InChI=1S/C14H26O7S/c1-2-3-4-5-6-7-8-9-10-14(13(17)18,11-12(15)16)22(19,20)21/h2-11H2,1H3,(H,15,16)(H,17,18)(H,19,20,21). The number of hydrogen-bond donors (Lipinski definition) is 3. The van der Waals surface area contributed by atoms with Gasteiger partial charge < -0.3 is 10.2 Å². The van der Waals surface area contributed by atoms with Crippen molar-refractivity contribution in [3.8, 4) is 0 Å². The average molecular weight is 338 g/mol. The third-order valence-electron chi connectivity index (χ3n) is 3.75. The summed E-state index contributed by atoms with van der Waals surface area (Å²) in [5.41, 5.74) is 0. The second-order valence-electron chi connectivity index (χ2n) is 5.57. The summed E-state index contributed by atoms with van der Waals surface area (Å²) in [5, 5.41) is 17.9. The lowest BCUT2D eigenvalue weighted by Crippen LogP contribution is -2.48. The summed E-state index contributed by atoms with van der Waals surface area (Å²) in [4.78, 5) is 22.0. The van der Waals surface area contributed by atoms with Crippen LogP contribution in [0.2, 0.25) is 0 Å². The Balaban J connectivity index is 4.49. The third-order valence-corrected chi connectivity index (χ3v) is 5.27. The molecule has 0 amide bonds. The molecule has 8 heteroatoms. The Labute approximate surface area is 131 Å². The van der Waals surface area contributed by atoms with Crippen LogP contribution in [0.4, 0.5) is 0 Å². The van der Waals surface area contributed by atoms with Crippen molar-refractivity contribution in [3.63, 3.8) is 0 Å². The van der Waals surface area contributed by atoms with Gasteiger partial charge in [0, 0.05) is 0 Å². The molecule has 0 radical (unpaired) electrons. The zero-order valence-corrected chi connectivity index (χ0v) is 13.8. The summed E-state index contributed by atoms with van der Waals surface area (Å²) in [6.45, 7) is 2.11. The highest BCUT2D eigenvalue weighted by molar-refractivity contribution is 7.88. The van der Waals surface area contributed by atoms with Crippen LogP contribution in [0.25, 0.3) is 0 Å². The molecule has 0 bridgehead atoms. The number of unbranched alkanes of at least 4 members (excludes halogenated alkanes) is 7. The lowest BCUT2D eigenvalue weighted by Gasteiger charge is -2.24. The molecule has 3 N–H and O–H groups in total. The van der Waals surface area contributed by atoms with E-state index in [-0.39, 0.29) is 6.42 Å². The fourth-order valence-corrected chi connectivity index (χ4v) is 3.32. The van der Waals surface area contributed by atoms with Crippen molar-refractivity contribution in [1.82, 2.24) is 0 Å². The van der Waals surface area contributed by atoms with Gasteiger partial charge in [-0.2, -0.15) is 8.42 Å². The molecule has 0 saturated carbocycles. The first-order chi connectivity index (χ1) is 10.2. The number of carbonyl (C=O) groups is 2. The van der Waals surface area contributed by atoms with Crippen molar-refractivity contribution in [2.24, 2.45) is 0 Å². The van der Waals surface area contributed by atoms with E-state index in [0.29, 0.717) is 6.42 Å². The fourth-order valence-electron chi connectivity index (χ4n) is 2.39. The SMILES string of the molecule is CCCCCCCCCCC(CC(=O)O)(C(=O)O)S(=O)(=O)O. The van der Waals surface area contributed by atoms with E-state index in [9.17, 15) is 22.6 Å². The van der Waals surface area contributed by atoms with Gasteiger partial charge in [-0.25, -0.2) is 0 Å².